The first-order chi connectivity index (χ1) is 29.5. The van der Waals surface area contributed by atoms with E-state index in [4.69, 9.17) is 34.9 Å². The molecule has 3 aliphatic heterocycles. The quantitative estimate of drug-likeness (QED) is 0.103. The van der Waals surface area contributed by atoms with E-state index in [1.165, 1.54) is 0 Å². The largest absolute Gasteiger partial charge is 0.480 e. The summed E-state index contributed by atoms with van der Waals surface area (Å²) in [5, 5.41) is 36.7. The van der Waals surface area contributed by atoms with Crippen LogP contribution in [0.25, 0.3) is 0 Å². The minimum absolute atomic E-state index is 0. The summed E-state index contributed by atoms with van der Waals surface area (Å²) in [6.07, 6.45) is 9.11. The molecule has 3 fully saturated rings. The molecule has 0 unspecified atom stereocenters. The van der Waals surface area contributed by atoms with Crippen LogP contribution >= 0.6 is 0 Å². The van der Waals surface area contributed by atoms with Gasteiger partial charge in [-0.25, -0.2) is 9.59 Å². The third-order valence-corrected chi connectivity index (χ3v) is 10.9. The number of carbonyl (C=O) groups is 3. The lowest BCUT2D eigenvalue weighted by Gasteiger charge is -2.21. The SMILES string of the molecule is C.N[C@@H](Cc1ccc(C2CCOCC2)nc1)C(=O)O.O=C(O)[C@@H](O)Cc1ccc(C2CCOCC2)nc1.O=C(OCc1ccccc1)[C@@H](O)Cc1ccc(C2CCOCC2)nc1. The molecule has 0 aliphatic carbocycles. The van der Waals surface area contributed by atoms with Gasteiger partial charge in [-0.2, -0.15) is 0 Å². The second kappa shape index (κ2) is 26.3. The topological polar surface area (TPSA) is 234 Å². The van der Waals surface area contributed by atoms with Crippen molar-refractivity contribution in [1.29, 1.82) is 0 Å². The van der Waals surface area contributed by atoms with E-state index >= 15 is 0 Å². The van der Waals surface area contributed by atoms with Crippen LogP contribution in [0.4, 0.5) is 0 Å². The van der Waals surface area contributed by atoms with Gasteiger partial charge >= 0.3 is 17.9 Å². The molecule has 0 saturated carbocycles. The molecule has 7 rings (SSSR count). The van der Waals surface area contributed by atoms with Gasteiger partial charge < -0.3 is 45.1 Å². The Morgan fingerprint density at radius 3 is 1.31 bits per heavy atom. The average molecular weight is 859 g/mol. The Bertz CT molecular complexity index is 1820. The summed E-state index contributed by atoms with van der Waals surface area (Å²) in [7, 11) is 0. The predicted molar refractivity (Wildman–Crippen MR) is 230 cm³/mol. The Labute approximate surface area is 363 Å². The number of hydrogen-bond donors (Lipinski definition) is 5. The van der Waals surface area contributed by atoms with Crippen LogP contribution < -0.4 is 5.73 Å². The van der Waals surface area contributed by atoms with Gasteiger partial charge in [0, 0.05) is 106 Å². The summed E-state index contributed by atoms with van der Waals surface area (Å²) in [4.78, 5) is 46.4. The van der Waals surface area contributed by atoms with Gasteiger partial charge in [0.25, 0.3) is 0 Å². The van der Waals surface area contributed by atoms with Crippen molar-refractivity contribution in [1.82, 2.24) is 15.0 Å². The summed E-state index contributed by atoms with van der Waals surface area (Å²) < 4.78 is 21.1. The fourth-order valence-corrected chi connectivity index (χ4v) is 7.16. The van der Waals surface area contributed by atoms with E-state index in [-0.39, 0.29) is 26.9 Å². The zero-order valence-corrected chi connectivity index (χ0v) is 34.4. The molecule has 0 amide bonds. The fourth-order valence-electron chi connectivity index (χ4n) is 7.16. The van der Waals surface area contributed by atoms with Crippen LogP contribution in [0.2, 0.25) is 0 Å². The second-order valence-electron chi connectivity index (χ2n) is 15.5. The Morgan fingerprint density at radius 2 is 0.952 bits per heavy atom. The molecule has 3 aliphatic rings. The van der Waals surface area contributed by atoms with Crippen molar-refractivity contribution in [3.05, 3.63) is 125 Å². The minimum atomic E-state index is -1.36. The van der Waals surface area contributed by atoms with Crippen molar-refractivity contribution >= 4 is 17.9 Å². The lowest BCUT2D eigenvalue weighted by Crippen LogP contribution is -2.32. The van der Waals surface area contributed by atoms with E-state index < -0.39 is 36.2 Å². The number of esters is 1. The molecule has 6 heterocycles. The van der Waals surface area contributed by atoms with E-state index in [2.05, 4.69) is 15.0 Å². The number of aliphatic hydroxyl groups is 2. The number of aliphatic hydroxyl groups excluding tert-OH is 2. The molecule has 15 heteroatoms. The maximum Gasteiger partial charge on any atom is 0.335 e. The van der Waals surface area contributed by atoms with Crippen LogP contribution in [-0.4, -0.2) is 111 Å². The normalized spacial score (nSPS) is 17.3. The summed E-state index contributed by atoms with van der Waals surface area (Å²) in [5.74, 6) is -1.48. The highest BCUT2D eigenvalue weighted by atomic mass is 16.5. The van der Waals surface area contributed by atoms with Crippen LogP contribution in [0, 0.1) is 0 Å². The van der Waals surface area contributed by atoms with E-state index in [0.717, 1.165) is 118 Å². The van der Waals surface area contributed by atoms with Crippen molar-refractivity contribution in [2.45, 2.75) is 108 Å². The molecule has 1 aromatic carbocycles. The van der Waals surface area contributed by atoms with Gasteiger partial charge in [-0.05, 0) is 85.4 Å². The lowest BCUT2D eigenvalue weighted by atomic mass is 9.95. The fraction of sp³-hybridized carbons (Fsp3) is 0.489. The molecule has 6 N–H and O–H groups in total. The average Bonchev–Trinajstić information content (AvgIpc) is 3.30. The minimum Gasteiger partial charge on any atom is -0.480 e. The summed E-state index contributed by atoms with van der Waals surface area (Å²) in [6, 6.07) is 20.1. The zero-order chi connectivity index (χ0) is 43.4. The number of rotatable bonds is 14. The molecule has 15 nitrogen and oxygen atoms in total. The van der Waals surface area contributed by atoms with Gasteiger partial charge in [-0.3, -0.25) is 19.7 Å². The summed E-state index contributed by atoms with van der Waals surface area (Å²) >= 11 is 0. The number of aliphatic carboxylic acids is 2. The Hall–Kier alpha value is -5.16. The van der Waals surface area contributed by atoms with Gasteiger partial charge in [0.2, 0.25) is 0 Å². The number of ether oxygens (including phenoxy) is 4. The monoisotopic (exact) mass is 858 g/mol. The number of hydrogen-bond acceptors (Lipinski definition) is 13. The Balaban J connectivity index is 0.000000207. The van der Waals surface area contributed by atoms with E-state index in [9.17, 15) is 24.6 Å². The van der Waals surface area contributed by atoms with E-state index in [0.29, 0.717) is 24.2 Å². The van der Waals surface area contributed by atoms with Crippen LogP contribution in [0.3, 0.4) is 0 Å². The van der Waals surface area contributed by atoms with Crippen LogP contribution in [-0.2, 0) is 59.2 Å². The van der Waals surface area contributed by atoms with Gasteiger partial charge in [-0.1, -0.05) is 56.0 Å². The van der Waals surface area contributed by atoms with Crippen molar-refractivity contribution in [3.8, 4) is 0 Å². The standard InChI is InChI=1S/C20H23NO4.C13H18N2O3.C13H17NO4.CH4/c22-19(20(23)25-14-15-4-2-1-3-5-15)12-16-6-7-18(21-13-16)17-8-10-24-11-9-17;14-11(13(16)17)7-9-1-2-12(15-8-9)10-3-5-18-6-4-10;15-12(13(16)17)7-9-1-2-11(14-8-9)10-3-5-18-6-4-10;/h1-7,13,17,19,22H,8-12,14H2;1-2,8,10-11H,3-7,14H2,(H,16,17);1-2,8,10,12,15H,3-7H2,(H,16,17);1H4/t19-;11-;12-;/m000./s1. The number of benzene rings is 1. The van der Waals surface area contributed by atoms with Gasteiger partial charge in [-0.15, -0.1) is 0 Å². The highest BCUT2D eigenvalue weighted by molar-refractivity contribution is 5.75. The molecule has 4 aromatic rings. The second-order valence-corrected chi connectivity index (χ2v) is 15.5. The number of carbonyl (C=O) groups excluding carboxylic acids is 1. The van der Waals surface area contributed by atoms with Gasteiger partial charge in [0.1, 0.15) is 12.6 Å². The van der Waals surface area contributed by atoms with Crippen LogP contribution in [0.5, 0.6) is 0 Å². The number of nitrogens with zero attached hydrogens (tertiary/aromatic N) is 3. The zero-order valence-electron chi connectivity index (χ0n) is 34.4. The molecular formula is C47H62N4O11. The smallest absolute Gasteiger partial charge is 0.335 e. The molecular weight excluding hydrogens is 797 g/mol. The number of pyridine rings is 3. The van der Waals surface area contributed by atoms with Crippen molar-refractivity contribution < 1.29 is 53.8 Å². The third kappa shape index (κ3) is 16.6. The molecule has 0 spiro atoms. The Morgan fingerprint density at radius 1 is 0.565 bits per heavy atom. The summed E-state index contributed by atoms with van der Waals surface area (Å²) in [5.41, 5.74) is 11.9. The summed E-state index contributed by atoms with van der Waals surface area (Å²) in [6.45, 7) is 4.84. The first-order valence-electron chi connectivity index (χ1n) is 20.9. The molecule has 3 saturated heterocycles. The van der Waals surface area contributed by atoms with Crippen molar-refractivity contribution in [2.24, 2.45) is 5.73 Å². The van der Waals surface area contributed by atoms with Crippen LogP contribution in [0.1, 0.15) is 103 Å². The molecule has 0 bridgehead atoms. The predicted octanol–water partition coefficient (Wildman–Crippen LogP) is 5.15. The van der Waals surface area contributed by atoms with Crippen molar-refractivity contribution in [3.63, 3.8) is 0 Å². The molecule has 336 valence electrons. The highest BCUT2D eigenvalue weighted by Crippen LogP contribution is 2.27. The van der Waals surface area contributed by atoms with Gasteiger partial charge in [0.05, 0.1) is 0 Å². The van der Waals surface area contributed by atoms with E-state index in [1.807, 2.05) is 66.7 Å². The number of carboxylic acid groups (broad SMARTS) is 2. The first-order valence-corrected chi connectivity index (χ1v) is 20.9. The third-order valence-electron chi connectivity index (χ3n) is 10.9. The molecule has 3 atom stereocenters. The molecule has 3 aromatic heterocycles. The maximum absolute atomic E-state index is 11.9. The lowest BCUT2D eigenvalue weighted by molar-refractivity contribution is -0.154. The first kappa shape index (κ1) is 49.5. The number of carboxylic acids is 2. The number of aromatic nitrogens is 3. The number of nitrogens with two attached hydrogens (primary N) is 1. The highest BCUT2D eigenvalue weighted by Gasteiger charge is 2.22. The van der Waals surface area contributed by atoms with Crippen molar-refractivity contribution in [2.75, 3.05) is 39.6 Å². The maximum atomic E-state index is 11.9. The van der Waals surface area contributed by atoms with E-state index in [1.54, 1.807) is 18.6 Å². The Kier molecular flexibility index (Phi) is 21.0. The molecule has 62 heavy (non-hydrogen) atoms. The van der Waals surface area contributed by atoms with Gasteiger partial charge in [0.15, 0.2) is 12.2 Å². The molecule has 0 radical (unpaired) electrons. The van der Waals surface area contributed by atoms with Crippen LogP contribution in [0.15, 0.2) is 85.3 Å².